The molecular weight excluding hydrogens is 252 g/mol. The van der Waals surface area contributed by atoms with E-state index < -0.39 is 0 Å². The molecule has 0 nitrogen and oxygen atoms in total. The minimum Gasteiger partial charge on any atom is -0.0988 e. The lowest BCUT2D eigenvalue weighted by atomic mass is 10.1. The second-order valence-electron chi connectivity index (χ2n) is 4.38. The molecule has 0 aromatic heterocycles. The molecule has 0 radical (unpaired) electrons. The predicted molar refractivity (Wildman–Crippen MR) is 103 cm³/mol. The summed E-state index contributed by atoms with van der Waals surface area (Å²) in [6, 6.07) is 10.2. The molecule has 0 heterocycles. The zero-order valence-electron chi connectivity index (χ0n) is 15.4. The number of hydrogen-bond acceptors (Lipinski definition) is 0. The van der Waals surface area contributed by atoms with E-state index in [2.05, 4.69) is 39.1 Å². The van der Waals surface area contributed by atoms with Crippen molar-refractivity contribution in [2.75, 3.05) is 0 Å². The monoisotopic (exact) mass is 288 g/mol. The molecule has 0 unspecified atom stereocenters. The average molecular weight is 289 g/mol. The molecule has 0 aliphatic heterocycles. The van der Waals surface area contributed by atoms with Crippen LogP contribution in [0.1, 0.15) is 66.9 Å². The van der Waals surface area contributed by atoms with E-state index in [1.807, 2.05) is 65.0 Å². The maximum absolute atomic E-state index is 3.83. The Morgan fingerprint density at radius 2 is 1.43 bits per heavy atom. The van der Waals surface area contributed by atoms with Crippen molar-refractivity contribution in [1.29, 1.82) is 0 Å². The highest BCUT2D eigenvalue weighted by atomic mass is 13.9. The molecule has 0 N–H and O–H groups in total. The van der Waals surface area contributed by atoms with Gasteiger partial charge in [0.05, 0.1) is 0 Å². The fourth-order valence-corrected chi connectivity index (χ4v) is 0.841. The van der Waals surface area contributed by atoms with Crippen molar-refractivity contribution in [1.82, 2.24) is 0 Å². The van der Waals surface area contributed by atoms with Gasteiger partial charge in [0.1, 0.15) is 0 Å². The van der Waals surface area contributed by atoms with Crippen molar-refractivity contribution in [3.8, 4) is 0 Å². The normalized spacial score (nSPS) is 8.81. The summed E-state index contributed by atoms with van der Waals surface area (Å²) in [5.74, 6) is 0. The first-order valence-corrected chi connectivity index (χ1v) is 7.99. The van der Waals surface area contributed by atoms with Gasteiger partial charge in [-0.1, -0.05) is 107 Å². The molecule has 0 aliphatic rings. The molecule has 120 valence electrons. The number of benzene rings is 1. The smallest absolute Gasteiger partial charge is 0.0233 e. The van der Waals surface area contributed by atoms with E-state index in [0.717, 1.165) is 5.57 Å². The summed E-state index contributed by atoms with van der Waals surface area (Å²) in [4.78, 5) is 0. The third-order valence-corrected chi connectivity index (χ3v) is 2.54. The summed E-state index contributed by atoms with van der Waals surface area (Å²) < 4.78 is 0. The highest BCUT2D eigenvalue weighted by molar-refractivity contribution is 5.60. The zero-order valence-corrected chi connectivity index (χ0v) is 15.4. The molecule has 21 heavy (non-hydrogen) atoms. The van der Waals surface area contributed by atoms with Crippen molar-refractivity contribution in [3.05, 3.63) is 66.8 Å². The maximum atomic E-state index is 3.83. The summed E-state index contributed by atoms with van der Waals surface area (Å²) in [5.41, 5.74) is 3.57. The van der Waals surface area contributed by atoms with E-state index in [0.29, 0.717) is 0 Å². The van der Waals surface area contributed by atoms with Gasteiger partial charge in [0, 0.05) is 0 Å². The first kappa shape index (κ1) is 24.5. The van der Waals surface area contributed by atoms with Crippen molar-refractivity contribution < 1.29 is 0 Å². The molecule has 0 saturated carbocycles. The molecule has 1 rings (SSSR count). The summed E-state index contributed by atoms with van der Waals surface area (Å²) in [6.45, 7) is 21.8. The van der Waals surface area contributed by atoms with Crippen LogP contribution in [0.3, 0.4) is 0 Å². The summed E-state index contributed by atoms with van der Waals surface area (Å²) in [5, 5.41) is 0. The van der Waals surface area contributed by atoms with E-state index in [1.54, 1.807) is 0 Å². The van der Waals surface area contributed by atoms with Gasteiger partial charge in [-0.15, -0.1) is 0 Å². The molecule has 1 aromatic carbocycles. The molecule has 0 bridgehead atoms. The average Bonchev–Trinajstić information content (AvgIpc) is 2.57. The van der Waals surface area contributed by atoms with Crippen molar-refractivity contribution in [2.24, 2.45) is 0 Å². The van der Waals surface area contributed by atoms with E-state index in [1.165, 1.54) is 24.0 Å². The SMILES string of the molecule is C=C(C)c1ccccc1.C=C/C(C)=C\C.CC.CCCC. The van der Waals surface area contributed by atoms with Gasteiger partial charge in [0.15, 0.2) is 0 Å². The molecule has 0 spiro atoms. The van der Waals surface area contributed by atoms with E-state index in [9.17, 15) is 0 Å². The Balaban J connectivity index is -0.000000236. The minimum atomic E-state index is 1.12. The summed E-state index contributed by atoms with van der Waals surface area (Å²) >= 11 is 0. The fourth-order valence-electron chi connectivity index (χ4n) is 0.841. The molecule has 1 aromatic rings. The van der Waals surface area contributed by atoms with Crippen molar-refractivity contribution >= 4 is 5.57 Å². The standard InChI is InChI=1S/C9H10.C6H10.C4H10.C2H6/c1-8(2)9-6-4-3-5-7-9;1-4-6(3)5-2;1-3-4-2;1-2/h3-7H,1H2,2H3;4-5H,1H2,2-3H3;3-4H2,1-2H3;1-2H3/b;6-5-;;. The Kier molecular flexibility index (Phi) is 24.2. The van der Waals surface area contributed by atoms with Gasteiger partial charge in [-0.3, -0.25) is 0 Å². The van der Waals surface area contributed by atoms with Gasteiger partial charge in [0.25, 0.3) is 0 Å². The Labute approximate surface area is 134 Å². The van der Waals surface area contributed by atoms with Gasteiger partial charge in [0.2, 0.25) is 0 Å². The highest BCUT2D eigenvalue weighted by Crippen LogP contribution is 2.08. The van der Waals surface area contributed by atoms with Crippen LogP contribution in [0.4, 0.5) is 0 Å². The molecule has 0 atom stereocenters. The van der Waals surface area contributed by atoms with Crippen LogP contribution in [-0.2, 0) is 0 Å². The van der Waals surface area contributed by atoms with Crippen LogP contribution < -0.4 is 0 Å². The Morgan fingerprint density at radius 1 is 1.00 bits per heavy atom. The van der Waals surface area contributed by atoms with Crippen LogP contribution in [-0.4, -0.2) is 0 Å². The van der Waals surface area contributed by atoms with Crippen LogP contribution in [0.5, 0.6) is 0 Å². The van der Waals surface area contributed by atoms with Gasteiger partial charge >= 0.3 is 0 Å². The summed E-state index contributed by atoms with van der Waals surface area (Å²) in [7, 11) is 0. The Hall–Kier alpha value is -1.56. The number of allylic oxidation sites excluding steroid dienone is 4. The van der Waals surface area contributed by atoms with Crippen LogP contribution in [0.25, 0.3) is 5.57 Å². The lowest BCUT2D eigenvalue weighted by Crippen LogP contribution is -1.72. The van der Waals surface area contributed by atoms with Gasteiger partial charge in [-0.05, 0) is 26.3 Å². The van der Waals surface area contributed by atoms with Gasteiger partial charge in [-0.25, -0.2) is 0 Å². The summed E-state index contributed by atoms with van der Waals surface area (Å²) in [6.07, 6.45) is 6.49. The van der Waals surface area contributed by atoms with Crippen LogP contribution >= 0.6 is 0 Å². The third kappa shape index (κ3) is 20.9. The number of rotatable bonds is 3. The van der Waals surface area contributed by atoms with E-state index in [-0.39, 0.29) is 0 Å². The second kappa shape index (κ2) is 20.8. The number of unbranched alkanes of at least 4 members (excludes halogenated alkanes) is 1. The quantitative estimate of drug-likeness (QED) is 0.500. The zero-order chi connectivity index (χ0) is 17.1. The third-order valence-electron chi connectivity index (χ3n) is 2.54. The number of hydrogen-bond donors (Lipinski definition) is 0. The lowest BCUT2D eigenvalue weighted by molar-refractivity contribution is 0.886. The van der Waals surface area contributed by atoms with Crippen LogP contribution in [0, 0.1) is 0 Å². The highest BCUT2D eigenvalue weighted by Gasteiger charge is 1.86. The first-order valence-electron chi connectivity index (χ1n) is 7.99. The Bertz CT molecular complexity index is 353. The van der Waals surface area contributed by atoms with Crippen LogP contribution in [0.15, 0.2) is 61.2 Å². The molecular formula is C21H36. The fraction of sp³-hybridized carbons (Fsp3) is 0.429. The maximum Gasteiger partial charge on any atom is -0.0233 e. The predicted octanol–water partition coefficient (Wildman–Crippen LogP) is 7.69. The van der Waals surface area contributed by atoms with Crippen molar-refractivity contribution in [3.63, 3.8) is 0 Å². The largest absolute Gasteiger partial charge is 0.0988 e. The molecule has 0 amide bonds. The molecule has 0 fully saturated rings. The van der Waals surface area contributed by atoms with Crippen molar-refractivity contribution in [2.45, 2.75) is 61.3 Å². The molecule has 0 heteroatoms. The Morgan fingerprint density at radius 3 is 1.57 bits per heavy atom. The lowest BCUT2D eigenvalue weighted by Gasteiger charge is -1.94. The minimum absolute atomic E-state index is 1.12. The van der Waals surface area contributed by atoms with E-state index in [4.69, 9.17) is 0 Å². The van der Waals surface area contributed by atoms with Gasteiger partial charge < -0.3 is 0 Å². The van der Waals surface area contributed by atoms with E-state index >= 15 is 0 Å². The topological polar surface area (TPSA) is 0 Å². The first-order chi connectivity index (χ1) is 10.0. The van der Waals surface area contributed by atoms with Crippen LogP contribution in [0.2, 0.25) is 0 Å². The molecule has 0 aliphatic carbocycles. The molecule has 0 saturated heterocycles. The second-order valence-corrected chi connectivity index (χ2v) is 4.38. The van der Waals surface area contributed by atoms with Gasteiger partial charge in [-0.2, -0.15) is 0 Å².